The smallest absolute Gasteiger partial charge is 0.410 e. The molecule has 10 nitrogen and oxygen atoms in total. The lowest BCUT2D eigenvalue weighted by atomic mass is 9.74. The number of rotatable bonds is 4. The zero-order valence-electron chi connectivity index (χ0n) is 21.9. The summed E-state index contributed by atoms with van der Waals surface area (Å²) in [6.07, 6.45) is 4.12. The molecule has 0 saturated heterocycles. The largest absolute Gasteiger partial charge is 0.501 e. The molecule has 4 aliphatic rings. The average molecular weight is 519 g/mol. The maximum absolute atomic E-state index is 13.6. The molecule has 1 saturated carbocycles. The highest BCUT2D eigenvalue weighted by Gasteiger charge is 2.54. The monoisotopic (exact) mass is 518 g/mol. The number of carbonyl (C=O) groups excluding carboxylic acids is 2. The van der Waals surface area contributed by atoms with Gasteiger partial charge in [0, 0.05) is 13.6 Å². The summed E-state index contributed by atoms with van der Waals surface area (Å²) in [6, 6.07) is 0. The number of nitrogens with zero attached hydrogens (tertiary/aromatic N) is 3. The molecule has 2 aliphatic carbocycles. The summed E-state index contributed by atoms with van der Waals surface area (Å²) in [4.78, 5) is 45.3. The highest BCUT2D eigenvalue weighted by molar-refractivity contribution is 5.94. The van der Waals surface area contributed by atoms with Gasteiger partial charge in [0.1, 0.15) is 22.8 Å². The van der Waals surface area contributed by atoms with Gasteiger partial charge in [-0.3, -0.25) is 19.1 Å². The Bertz CT molecular complexity index is 1240. The summed E-state index contributed by atoms with van der Waals surface area (Å²) < 4.78 is 20.4. The first-order chi connectivity index (χ1) is 17.2. The number of aromatic nitrogens is 2. The standard InChI is InChI=1S/C26H35FN4O6/c1-15-12-16(6-7-17(15)27)13-28-20(33)18-19(32)21(34)31-14-25(36)8-10-26(11-9-25,22(31)29-18)30(5)23(35)37-24(2,3)4/h7,12,16,32,36H,6,8-11,13-14H2,1-5H3,(H,28,33). The lowest BCUT2D eigenvalue weighted by Gasteiger charge is -2.45. The van der Waals surface area contributed by atoms with Crippen molar-refractivity contribution in [1.29, 1.82) is 0 Å². The van der Waals surface area contributed by atoms with E-state index in [2.05, 4.69) is 10.3 Å². The molecule has 2 amide bonds. The Balaban J connectivity index is 1.71. The first kappa shape index (κ1) is 26.8. The lowest BCUT2D eigenvalue weighted by Crippen LogP contribution is -2.53. The second-order valence-electron chi connectivity index (χ2n) is 11.4. The molecule has 3 heterocycles. The zero-order chi connectivity index (χ0) is 27.3. The van der Waals surface area contributed by atoms with Gasteiger partial charge in [-0.25, -0.2) is 14.2 Å². The van der Waals surface area contributed by atoms with Gasteiger partial charge in [-0.1, -0.05) is 6.08 Å². The van der Waals surface area contributed by atoms with Crippen LogP contribution in [0.5, 0.6) is 5.75 Å². The van der Waals surface area contributed by atoms with E-state index >= 15 is 0 Å². The molecule has 1 aromatic heterocycles. The van der Waals surface area contributed by atoms with Gasteiger partial charge in [0.25, 0.3) is 11.5 Å². The topological polar surface area (TPSA) is 134 Å². The Morgan fingerprint density at radius 2 is 1.95 bits per heavy atom. The normalized spacial score (nSPS) is 26.9. The van der Waals surface area contributed by atoms with Gasteiger partial charge < -0.3 is 20.3 Å². The molecular formula is C26H35FN4O6. The number of aliphatic hydroxyl groups is 1. The molecule has 0 radical (unpaired) electrons. The van der Waals surface area contributed by atoms with E-state index in [0.29, 0.717) is 37.7 Å². The fourth-order valence-electron chi connectivity index (χ4n) is 5.37. The highest BCUT2D eigenvalue weighted by Crippen LogP contribution is 2.48. The van der Waals surface area contributed by atoms with Crippen molar-refractivity contribution >= 4 is 12.0 Å². The van der Waals surface area contributed by atoms with Crippen LogP contribution in [0.2, 0.25) is 0 Å². The zero-order valence-corrected chi connectivity index (χ0v) is 21.9. The van der Waals surface area contributed by atoms with Crippen LogP contribution in [-0.2, 0) is 16.8 Å². The molecule has 11 heteroatoms. The Morgan fingerprint density at radius 1 is 1.30 bits per heavy atom. The molecule has 0 aromatic carbocycles. The fraction of sp³-hybridized carbons (Fsp3) is 0.615. The number of hydrogen-bond donors (Lipinski definition) is 3. The van der Waals surface area contributed by atoms with Crippen LogP contribution < -0.4 is 10.9 Å². The molecule has 2 aliphatic heterocycles. The quantitative estimate of drug-likeness (QED) is 0.558. The van der Waals surface area contributed by atoms with Crippen LogP contribution in [0.25, 0.3) is 0 Å². The van der Waals surface area contributed by atoms with Crippen LogP contribution in [0.4, 0.5) is 9.18 Å². The molecule has 0 spiro atoms. The predicted molar refractivity (Wildman–Crippen MR) is 133 cm³/mol. The predicted octanol–water partition coefficient (Wildman–Crippen LogP) is 2.88. The maximum atomic E-state index is 13.6. The molecule has 3 N–H and O–H groups in total. The number of amides is 2. The molecular weight excluding hydrogens is 483 g/mol. The Hall–Kier alpha value is -3.21. The van der Waals surface area contributed by atoms with E-state index in [1.165, 1.54) is 15.5 Å². The summed E-state index contributed by atoms with van der Waals surface area (Å²) >= 11 is 0. The van der Waals surface area contributed by atoms with Gasteiger partial charge in [-0.2, -0.15) is 0 Å². The summed E-state index contributed by atoms with van der Waals surface area (Å²) in [5, 5.41) is 24.5. The minimum absolute atomic E-state index is 0.114. The Labute approximate surface area is 214 Å². The van der Waals surface area contributed by atoms with Crippen molar-refractivity contribution in [2.45, 2.75) is 83.1 Å². The lowest BCUT2D eigenvalue weighted by molar-refractivity contribution is -0.0526. The van der Waals surface area contributed by atoms with Gasteiger partial charge in [-0.15, -0.1) is 0 Å². The maximum Gasteiger partial charge on any atom is 0.410 e. The first-order valence-electron chi connectivity index (χ1n) is 12.5. The Kier molecular flexibility index (Phi) is 6.72. The van der Waals surface area contributed by atoms with Gasteiger partial charge in [0.05, 0.1) is 12.1 Å². The molecule has 1 unspecified atom stereocenters. The third-order valence-corrected chi connectivity index (χ3v) is 7.53. The van der Waals surface area contributed by atoms with E-state index in [-0.39, 0.29) is 30.7 Å². The summed E-state index contributed by atoms with van der Waals surface area (Å²) in [5.74, 6) is -1.91. The van der Waals surface area contributed by atoms with Crippen LogP contribution in [0, 0.1) is 5.92 Å². The molecule has 202 valence electrons. The number of carbonyl (C=O) groups is 2. The van der Waals surface area contributed by atoms with Gasteiger partial charge in [0.2, 0.25) is 5.75 Å². The van der Waals surface area contributed by atoms with E-state index in [9.17, 15) is 29.0 Å². The van der Waals surface area contributed by atoms with Gasteiger partial charge in [0.15, 0.2) is 5.69 Å². The van der Waals surface area contributed by atoms with Crippen molar-refractivity contribution < 1.29 is 28.9 Å². The number of halogens is 1. The van der Waals surface area contributed by atoms with E-state index in [1.807, 2.05) is 0 Å². The minimum atomic E-state index is -1.21. The van der Waals surface area contributed by atoms with E-state index < -0.39 is 45.7 Å². The third-order valence-electron chi connectivity index (χ3n) is 7.53. The number of hydrogen-bond acceptors (Lipinski definition) is 7. The summed E-state index contributed by atoms with van der Waals surface area (Å²) in [6.45, 7) is 6.91. The van der Waals surface area contributed by atoms with Crippen molar-refractivity contribution in [3.63, 3.8) is 0 Å². The van der Waals surface area contributed by atoms with E-state index in [4.69, 9.17) is 4.74 Å². The molecule has 1 fully saturated rings. The second-order valence-corrected chi connectivity index (χ2v) is 11.4. The molecule has 5 rings (SSSR count). The van der Waals surface area contributed by atoms with Crippen LogP contribution in [0.15, 0.2) is 28.3 Å². The van der Waals surface area contributed by atoms with Crippen LogP contribution >= 0.6 is 0 Å². The highest BCUT2D eigenvalue weighted by atomic mass is 19.1. The molecule has 37 heavy (non-hydrogen) atoms. The van der Waals surface area contributed by atoms with Crippen LogP contribution in [0.3, 0.4) is 0 Å². The van der Waals surface area contributed by atoms with Crippen molar-refractivity contribution in [1.82, 2.24) is 19.8 Å². The number of fused-ring (bicyclic) bond motifs is 2. The van der Waals surface area contributed by atoms with Gasteiger partial charge >= 0.3 is 6.09 Å². The molecule has 1 aromatic rings. The number of ether oxygens (including phenoxy) is 1. The van der Waals surface area contributed by atoms with Crippen LogP contribution in [0.1, 0.15) is 76.1 Å². The van der Waals surface area contributed by atoms with Crippen molar-refractivity contribution in [2.24, 2.45) is 5.92 Å². The van der Waals surface area contributed by atoms with Crippen molar-refractivity contribution in [3.8, 4) is 5.75 Å². The number of nitrogens with one attached hydrogen (secondary N) is 1. The third kappa shape index (κ3) is 5.01. The first-order valence-corrected chi connectivity index (χ1v) is 12.5. The number of aromatic hydroxyl groups is 1. The van der Waals surface area contributed by atoms with Crippen molar-refractivity contribution in [2.75, 3.05) is 13.6 Å². The van der Waals surface area contributed by atoms with Crippen molar-refractivity contribution in [3.05, 3.63) is 45.4 Å². The fourth-order valence-corrected chi connectivity index (χ4v) is 5.37. The van der Waals surface area contributed by atoms with E-state index in [1.54, 1.807) is 40.8 Å². The SMILES string of the molecule is CC1=CC(CNC(=O)c2nc3n(c(=O)c2O)CC2(O)CCC3(N(C)C(=O)OC(C)(C)C)CC2)CC=C1F. The second kappa shape index (κ2) is 9.27. The average Bonchev–Trinajstić information content (AvgIpc) is 3.03. The summed E-state index contributed by atoms with van der Waals surface area (Å²) in [7, 11) is 1.55. The molecule has 1 atom stereocenters. The minimum Gasteiger partial charge on any atom is -0.501 e. The van der Waals surface area contributed by atoms with E-state index in [0.717, 1.165) is 0 Å². The van der Waals surface area contributed by atoms with Gasteiger partial charge in [-0.05, 0) is 77.4 Å². The van der Waals surface area contributed by atoms with Crippen LogP contribution in [-0.4, -0.2) is 61.5 Å². The number of allylic oxidation sites excluding steroid dienone is 3. The molecule has 2 bridgehead atoms. The Morgan fingerprint density at radius 3 is 2.54 bits per heavy atom. The summed E-state index contributed by atoms with van der Waals surface area (Å²) in [5.41, 5.74) is -3.94.